The van der Waals surface area contributed by atoms with Crippen molar-refractivity contribution in [2.45, 2.75) is 83.0 Å². The van der Waals surface area contributed by atoms with E-state index in [4.69, 9.17) is 0 Å². The average Bonchev–Trinajstić information content (AvgIpc) is 2.80. The van der Waals surface area contributed by atoms with Gasteiger partial charge in [0.05, 0.1) is 5.92 Å². The van der Waals surface area contributed by atoms with Crippen molar-refractivity contribution in [3.8, 4) is 0 Å². The molecule has 1 aromatic heterocycles. The highest BCUT2D eigenvalue weighted by Gasteiger charge is 2.18. The molecule has 2 rings (SSSR count). The molecule has 0 bridgehead atoms. The summed E-state index contributed by atoms with van der Waals surface area (Å²) < 4.78 is 0. The Balaban J connectivity index is 1.34. The number of hydrogen-bond acceptors (Lipinski definition) is 3. The smallest absolute Gasteiger partial charge is 0.312 e. The predicted octanol–water partition coefficient (Wildman–Crippen LogP) is 6.37. The fourth-order valence-corrected chi connectivity index (χ4v) is 4.00. The maximum atomic E-state index is 11.5. The van der Waals surface area contributed by atoms with Gasteiger partial charge in [0.2, 0.25) is 0 Å². The van der Waals surface area contributed by atoms with E-state index in [0.29, 0.717) is 6.54 Å². The van der Waals surface area contributed by atoms with Gasteiger partial charge in [0.15, 0.2) is 0 Å². The molecule has 2 aromatic rings. The molecule has 1 heterocycles. The largest absolute Gasteiger partial charge is 0.481 e. The van der Waals surface area contributed by atoms with Crippen molar-refractivity contribution in [3.05, 3.63) is 66.0 Å². The SMILES string of the molecule is O=C(O)[C@H](CNCCCCCCCCCCCCCc1cccnc1)c1ccccc1. The lowest BCUT2D eigenvalue weighted by atomic mass is 9.99. The Morgan fingerprint density at radius 1 is 0.806 bits per heavy atom. The van der Waals surface area contributed by atoms with E-state index in [1.807, 2.05) is 48.8 Å². The first-order valence-corrected chi connectivity index (χ1v) is 12.1. The van der Waals surface area contributed by atoms with E-state index in [9.17, 15) is 9.90 Å². The molecule has 0 unspecified atom stereocenters. The van der Waals surface area contributed by atoms with Gasteiger partial charge in [-0.2, -0.15) is 0 Å². The molecule has 4 heteroatoms. The second-order valence-corrected chi connectivity index (χ2v) is 8.51. The van der Waals surface area contributed by atoms with Gasteiger partial charge < -0.3 is 10.4 Å². The van der Waals surface area contributed by atoms with Gasteiger partial charge in [0.1, 0.15) is 0 Å². The second kappa shape index (κ2) is 16.5. The van der Waals surface area contributed by atoms with Gasteiger partial charge in [-0.25, -0.2) is 0 Å². The Labute approximate surface area is 188 Å². The standard InChI is InChI=1S/C27H40N2O2/c30-27(31)26(25-18-12-10-13-19-25)23-29-20-14-9-7-5-3-1-2-4-6-8-11-16-24-17-15-21-28-22-24/h10,12-13,15,17-19,21-22,26,29H,1-9,11,14,16,20,23H2,(H,30,31)/t26-/m1/s1. The quantitative estimate of drug-likeness (QED) is 0.273. The second-order valence-electron chi connectivity index (χ2n) is 8.51. The minimum absolute atomic E-state index is 0.462. The number of unbranched alkanes of at least 4 members (excludes halogenated alkanes) is 10. The summed E-state index contributed by atoms with van der Waals surface area (Å²) in [4.78, 5) is 15.7. The number of rotatable bonds is 18. The first-order chi connectivity index (χ1) is 15.3. The molecule has 0 spiro atoms. The third-order valence-electron chi connectivity index (χ3n) is 5.89. The Kier molecular flexibility index (Phi) is 13.3. The van der Waals surface area contributed by atoms with Crippen LogP contribution in [0.3, 0.4) is 0 Å². The lowest BCUT2D eigenvalue weighted by Crippen LogP contribution is -2.27. The topological polar surface area (TPSA) is 62.2 Å². The highest BCUT2D eigenvalue weighted by atomic mass is 16.4. The van der Waals surface area contributed by atoms with Crippen molar-refractivity contribution in [1.29, 1.82) is 0 Å². The van der Waals surface area contributed by atoms with Crippen LogP contribution in [-0.2, 0) is 11.2 Å². The number of aromatic nitrogens is 1. The number of hydrogen-bond donors (Lipinski definition) is 2. The molecule has 4 nitrogen and oxygen atoms in total. The number of aryl methyl sites for hydroxylation is 1. The van der Waals surface area contributed by atoms with Crippen LogP contribution in [0.2, 0.25) is 0 Å². The summed E-state index contributed by atoms with van der Waals surface area (Å²) in [6.07, 6.45) is 19.3. The molecular formula is C27H40N2O2. The van der Waals surface area contributed by atoms with Crippen molar-refractivity contribution in [3.63, 3.8) is 0 Å². The molecule has 0 aliphatic rings. The number of pyridine rings is 1. The van der Waals surface area contributed by atoms with E-state index >= 15 is 0 Å². The van der Waals surface area contributed by atoms with Gasteiger partial charge in [0.25, 0.3) is 0 Å². The third-order valence-corrected chi connectivity index (χ3v) is 5.89. The summed E-state index contributed by atoms with van der Waals surface area (Å²) in [7, 11) is 0. The first-order valence-electron chi connectivity index (χ1n) is 12.1. The molecule has 0 radical (unpaired) electrons. The number of nitrogens with zero attached hydrogens (tertiary/aromatic N) is 1. The summed E-state index contributed by atoms with van der Waals surface area (Å²) >= 11 is 0. The van der Waals surface area contributed by atoms with E-state index in [1.165, 1.54) is 69.8 Å². The normalized spacial score (nSPS) is 12.0. The van der Waals surface area contributed by atoms with Crippen LogP contribution >= 0.6 is 0 Å². The number of carbonyl (C=O) groups is 1. The van der Waals surface area contributed by atoms with Crippen LogP contribution in [0.5, 0.6) is 0 Å². The molecule has 31 heavy (non-hydrogen) atoms. The van der Waals surface area contributed by atoms with Crippen molar-refractivity contribution in [2.24, 2.45) is 0 Å². The summed E-state index contributed by atoms with van der Waals surface area (Å²) in [5, 5.41) is 12.8. The number of aliphatic carboxylic acids is 1. The molecule has 0 fully saturated rings. The monoisotopic (exact) mass is 424 g/mol. The van der Waals surface area contributed by atoms with Crippen LogP contribution in [0.15, 0.2) is 54.9 Å². The van der Waals surface area contributed by atoms with Crippen LogP contribution in [0.1, 0.15) is 87.7 Å². The number of carboxylic acid groups (broad SMARTS) is 1. The lowest BCUT2D eigenvalue weighted by molar-refractivity contribution is -0.138. The molecule has 1 aromatic carbocycles. The zero-order valence-corrected chi connectivity index (χ0v) is 19.0. The number of nitrogens with one attached hydrogen (secondary N) is 1. The van der Waals surface area contributed by atoms with Gasteiger partial charge in [-0.1, -0.05) is 94.2 Å². The van der Waals surface area contributed by atoms with Crippen molar-refractivity contribution < 1.29 is 9.90 Å². The molecule has 0 amide bonds. The average molecular weight is 425 g/mol. The summed E-state index contributed by atoms with van der Waals surface area (Å²) in [5.41, 5.74) is 2.23. The molecular weight excluding hydrogens is 384 g/mol. The molecule has 0 aliphatic carbocycles. The van der Waals surface area contributed by atoms with E-state index < -0.39 is 11.9 Å². The van der Waals surface area contributed by atoms with Gasteiger partial charge in [0, 0.05) is 18.9 Å². The molecule has 0 saturated carbocycles. The van der Waals surface area contributed by atoms with Crippen molar-refractivity contribution >= 4 is 5.97 Å². The first kappa shape index (κ1) is 25.1. The van der Waals surface area contributed by atoms with E-state index in [1.54, 1.807) is 0 Å². The summed E-state index contributed by atoms with van der Waals surface area (Å²) in [5.74, 6) is -1.22. The zero-order valence-electron chi connectivity index (χ0n) is 19.0. The van der Waals surface area contributed by atoms with Crippen LogP contribution in [0.25, 0.3) is 0 Å². The Hall–Kier alpha value is -2.20. The van der Waals surface area contributed by atoms with E-state index in [-0.39, 0.29) is 0 Å². The van der Waals surface area contributed by atoms with Crippen LogP contribution in [0, 0.1) is 0 Å². The van der Waals surface area contributed by atoms with E-state index in [0.717, 1.165) is 24.9 Å². The van der Waals surface area contributed by atoms with Crippen LogP contribution in [0.4, 0.5) is 0 Å². The highest BCUT2D eigenvalue weighted by Crippen LogP contribution is 2.15. The maximum Gasteiger partial charge on any atom is 0.312 e. The molecule has 1 atom stereocenters. The van der Waals surface area contributed by atoms with Crippen LogP contribution in [-0.4, -0.2) is 29.1 Å². The molecule has 2 N–H and O–H groups in total. The van der Waals surface area contributed by atoms with Crippen LogP contribution < -0.4 is 5.32 Å². The fraction of sp³-hybridized carbons (Fsp3) is 0.556. The van der Waals surface area contributed by atoms with Gasteiger partial charge >= 0.3 is 5.97 Å². The van der Waals surface area contributed by atoms with Crippen molar-refractivity contribution in [1.82, 2.24) is 10.3 Å². The fourth-order valence-electron chi connectivity index (χ4n) is 4.00. The number of benzene rings is 1. The van der Waals surface area contributed by atoms with E-state index in [2.05, 4.69) is 16.4 Å². The molecule has 0 aliphatic heterocycles. The van der Waals surface area contributed by atoms with Gasteiger partial charge in [-0.05, 0) is 43.0 Å². The Bertz CT molecular complexity index is 691. The lowest BCUT2D eigenvalue weighted by Gasteiger charge is -2.13. The van der Waals surface area contributed by atoms with Crippen molar-refractivity contribution in [2.75, 3.05) is 13.1 Å². The van der Waals surface area contributed by atoms with Gasteiger partial charge in [-0.15, -0.1) is 0 Å². The molecule has 170 valence electrons. The summed E-state index contributed by atoms with van der Waals surface area (Å²) in [6, 6.07) is 13.7. The zero-order chi connectivity index (χ0) is 22.0. The predicted molar refractivity (Wildman–Crippen MR) is 128 cm³/mol. The highest BCUT2D eigenvalue weighted by molar-refractivity contribution is 5.76. The minimum atomic E-state index is -0.757. The Morgan fingerprint density at radius 2 is 1.42 bits per heavy atom. The maximum absolute atomic E-state index is 11.5. The van der Waals surface area contributed by atoms with Gasteiger partial charge in [-0.3, -0.25) is 9.78 Å². The number of carboxylic acids is 1. The Morgan fingerprint density at radius 3 is 2.00 bits per heavy atom. The summed E-state index contributed by atoms with van der Waals surface area (Å²) in [6.45, 7) is 1.40. The minimum Gasteiger partial charge on any atom is -0.481 e. The third kappa shape index (κ3) is 11.7. The molecule has 0 saturated heterocycles.